The highest BCUT2D eigenvalue weighted by atomic mass is 16.6. The van der Waals surface area contributed by atoms with Gasteiger partial charge in [-0.15, -0.1) is 0 Å². The second kappa shape index (κ2) is 9.18. The molecule has 0 radical (unpaired) electrons. The van der Waals surface area contributed by atoms with Crippen molar-refractivity contribution in [3.63, 3.8) is 0 Å². The van der Waals surface area contributed by atoms with Crippen molar-refractivity contribution in [1.29, 1.82) is 0 Å². The van der Waals surface area contributed by atoms with Crippen molar-refractivity contribution in [3.8, 4) is 5.75 Å². The first-order chi connectivity index (χ1) is 10.4. The smallest absolute Gasteiger partial charge is 0.407 e. The van der Waals surface area contributed by atoms with Gasteiger partial charge in [-0.3, -0.25) is 0 Å². The zero-order chi connectivity index (χ0) is 16.4. The monoisotopic (exact) mass is 308 g/mol. The van der Waals surface area contributed by atoms with Crippen LogP contribution in [0.4, 0.5) is 10.5 Å². The summed E-state index contributed by atoms with van der Waals surface area (Å²) in [5.74, 6) is 0.874. The van der Waals surface area contributed by atoms with E-state index in [-0.39, 0.29) is 6.09 Å². The van der Waals surface area contributed by atoms with E-state index in [1.54, 1.807) is 0 Å². The standard InChI is InChI=1S/C17H28N2O3/c1-5-12-21-15-9-6-8-14(13-15)18-10-7-11-19-16(20)22-17(2,3)4/h6,8-9,13,18H,5,7,10-12H2,1-4H3,(H,19,20). The van der Waals surface area contributed by atoms with Crippen LogP contribution in [0.1, 0.15) is 40.5 Å². The molecule has 2 N–H and O–H groups in total. The van der Waals surface area contributed by atoms with Crippen molar-refractivity contribution in [3.05, 3.63) is 24.3 Å². The summed E-state index contributed by atoms with van der Waals surface area (Å²) in [6.07, 6.45) is 1.44. The summed E-state index contributed by atoms with van der Waals surface area (Å²) >= 11 is 0. The fourth-order valence-corrected chi connectivity index (χ4v) is 1.74. The molecule has 1 aromatic carbocycles. The summed E-state index contributed by atoms with van der Waals surface area (Å²) in [7, 11) is 0. The van der Waals surface area contributed by atoms with Crippen molar-refractivity contribution in [2.75, 3.05) is 25.0 Å². The molecule has 0 atom stereocenters. The zero-order valence-corrected chi connectivity index (χ0v) is 14.1. The van der Waals surface area contributed by atoms with Crippen LogP contribution >= 0.6 is 0 Å². The molecule has 124 valence electrons. The molecule has 0 aliphatic rings. The normalized spacial score (nSPS) is 10.9. The minimum Gasteiger partial charge on any atom is -0.494 e. The Morgan fingerprint density at radius 1 is 1.23 bits per heavy atom. The Kier molecular flexibility index (Phi) is 7.57. The van der Waals surface area contributed by atoms with E-state index in [1.807, 2.05) is 45.0 Å². The number of anilines is 1. The average Bonchev–Trinajstić information content (AvgIpc) is 2.43. The maximum atomic E-state index is 11.5. The lowest BCUT2D eigenvalue weighted by atomic mass is 10.2. The molecule has 0 aliphatic carbocycles. The van der Waals surface area contributed by atoms with Gasteiger partial charge in [0.2, 0.25) is 0 Å². The molecule has 0 saturated carbocycles. The molecule has 5 nitrogen and oxygen atoms in total. The quantitative estimate of drug-likeness (QED) is 0.717. The molecule has 0 unspecified atom stereocenters. The van der Waals surface area contributed by atoms with Gasteiger partial charge in [-0.1, -0.05) is 13.0 Å². The molecule has 1 rings (SSSR count). The van der Waals surface area contributed by atoms with Crippen molar-refractivity contribution in [2.45, 2.75) is 46.1 Å². The highest BCUT2D eigenvalue weighted by molar-refractivity contribution is 5.67. The van der Waals surface area contributed by atoms with Crippen LogP contribution < -0.4 is 15.4 Å². The van der Waals surface area contributed by atoms with Crippen molar-refractivity contribution in [2.24, 2.45) is 0 Å². The van der Waals surface area contributed by atoms with Gasteiger partial charge in [-0.2, -0.15) is 0 Å². The van der Waals surface area contributed by atoms with Crippen LogP contribution in [0, 0.1) is 0 Å². The first-order valence-corrected chi connectivity index (χ1v) is 7.84. The van der Waals surface area contributed by atoms with Crippen LogP contribution in [0.25, 0.3) is 0 Å². The van der Waals surface area contributed by atoms with Crippen LogP contribution in [0.3, 0.4) is 0 Å². The summed E-state index contributed by atoms with van der Waals surface area (Å²) in [6, 6.07) is 7.90. The number of rotatable bonds is 8. The minimum atomic E-state index is -0.457. The molecule has 5 heteroatoms. The third-order valence-electron chi connectivity index (χ3n) is 2.66. The first kappa shape index (κ1) is 18.1. The van der Waals surface area contributed by atoms with E-state index in [0.29, 0.717) is 6.54 Å². The van der Waals surface area contributed by atoms with Gasteiger partial charge in [0.15, 0.2) is 0 Å². The molecule has 0 spiro atoms. The SMILES string of the molecule is CCCOc1cccc(NCCCNC(=O)OC(C)(C)C)c1. The van der Waals surface area contributed by atoms with E-state index in [0.717, 1.165) is 37.4 Å². The Balaban J connectivity index is 2.20. The minimum absolute atomic E-state index is 0.373. The summed E-state index contributed by atoms with van der Waals surface area (Å²) < 4.78 is 10.8. The highest BCUT2D eigenvalue weighted by Crippen LogP contribution is 2.17. The number of hydrogen-bond donors (Lipinski definition) is 2. The predicted octanol–water partition coefficient (Wildman–Crippen LogP) is 3.80. The maximum Gasteiger partial charge on any atom is 0.407 e. The van der Waals surface area contributed by atoms with Gasteiger partial charge in [-0.05, 0) is 45.7 Å². The van der Waals surface area contributed by atoms with Gasteiger partial charge in [0.25, 0.3) is 0 Å². The molecular formula is C17H28N2O3. The topological polar surface area (TPSA) is 59.6 Å². The molecule has 22 heavy (non-hydrogen) atoms. The molecule has 0 heterocycles. The molecule has 0 aromatic heterocycles. The molecule has 1 amide bonds. The van der Waals surface area contributed by atoms with Crippen molar-refractivity contribution < 1.29 is 14.3 Å². The molecule has 0 saturated heterocycles. The summed E-state index contributed by atoms with van der Waals surface area (Å²) in [5, 5.41) is 6.05. The van der Waals surface area contributed by atoms with Crippen LogP contribution in [-0.2, 0) is 4.74 Å². The van der Waals surface area contributed by atoms with Gasteiger partial charge in [0.1, 0.15) is 11.4 Å². The van der Waals surface area contributed by atoms with Crippen LogP contribution in [0.15, 0.2) is 24.3 Å². The third-order valence-corrected chi connectivity index (χ3v) is 2.66. The van der Waals surface area contributed by atoms with E-state index < -0.39 is 5.60 Å². The lowest BCUT2D eigenvalue weighted by molar-refractivity contribution is 0.0528. The number of carbonyl (C=O) groups excluding carboxylic acids is 1. The Labute approximate surface area is 133 Å². The number of carbonyl (C=O) groups is 1. The summed E-state index contributed by atoms with van der Waals surface area (Å²) in [6.45, 7) is 9.70. The number of ether oxygens (including phenoxy) is 2. The van der Waals surface area contributed by atoms with Gasteiger partial charge in [-0.25, -0.2) is 4.79 Å². The second-order valence-electron chi connectivity index (χ2n) is 6.09. The van der Waals surface area contributed by atoms with Gasteiger partial charge in [0, 0.05) is 24.8 Å². The van der Waals surface area contributed by atoms with Crippen LogP contribution in [-0.4, -0.2) is 31.4 Å². The van der Waals surface area contributed by atoms with E-state index in [9.17, 15) is 4.79 Å². The first-order valence-electron chi connectivity index (χ1n) is 7.84. The number of nitrogens with one attached hydrogen (secondary N) is 2. The molecule has 0 aliphatic heterocycles. The van der Waals surface area contributed by atoms with Crippen molar-refractivity contribution >= 4 is 11.8 Å². The van der Waals surface area contributed by atoms with E-state index in [2.05, 4.69) is 17.6 Å². The third kappa shape index (κ3) is 8.39. The maximum absolute atomic E-state index is 11.5. The second-order valence-corrected chi connectivity index (χ2v) is 6.09. The Morgan fingerprint density at radius 3 is 2.68 bits per heavy atom. The fourth-order valence-electron chi connectivity index (χ4n) is 1.74. The van der Waals surface area contributed by atoms with Crippen LogP contribution in [0.5, 0.6) is 5.75 Å². The Hall–Kier alpha value is -1.91. The lowest BCUT2D eigenvalue weighted by Crippen LogP contribution is -2.33. The Morgan fingerprint density at radius 2 is 2.00 bits per heavy atom. The summed E-state index contributed by atoms with van der Waals surface area (Å²) in [4.78, 5) is 11.5. The lowest BCUT2D eigenvalue weighted by Gasteiger charge is -2.19. The number of alkyl carbamates (subject to hydrolysis) is 1. The molecule has 1 aromatic rings. The van der Waals surface area contributed by atoms with E-state index >= 15 is 0 Å². The largest absolute Gasteiger partial charge is 0.494 e. The van der Waals surface area contributed by atoms with Gasteiger partial charge < -0.3 is 20.1 Å². The van der Waals surface area contributed by atoms with Gasteiger partial charge in [0.05, 0.1) is 6.61 Å². The van der Waals surface area contributed by atoms with Crippen molar-refractivity contribution in [1.82, 2.24) is 5.32 Å². The van der Waals surface area contributed by atoms with E-state index in [1.165, 1.54) is 0 Å². The fraction of sp³-hybridized carbons (Fsp3) is 0.588. The average molecular weight is 308 g/mol. The predicted molar refractivity (Wildman–Crippen MR) is 89.6 cm³/mol. The number of benzene rings is 1. The summed E-state index contributed by atoms with van der Waals surface area (Å²) in [5.41, 5.74) is 0.562. The zero-order valence-electron chi connectivity index (χ0n) is 14.1. The van der Waals surface area contributed by atoms with Gasteiger partial charge >= 0.3 is 6.09 Å². The van der Waals surface area contributed by atoms with Crippen LogP contribution in [0.2, 0.25) is 0 Å². The molecule has 0 fully saturated rings. The van der Waals surface area contributed by atoms with E-state index in [4.69, 9.17) is 9.47 Å². The molecular weight excluding hydrogens is 280 g/mol. The highest BCUT2D eigenvalue weighted by Gasteiger charge is 2.15. The molecule has 0 bridgehead atoms. The number of hydrogen-bond acceptors (Lipinski definition) is 4. The Bertz CT molecular complexity index is 455. The number of amides is 1.